The third-order valence-corrected chi connectivity index (χ3v) is 3.23. The van der Waals surface area contributed by atoms with Gasteiger partial charge in [-0.1, -0.05) is 43.7 Å². The summed E-state index contributed by atoms with van der Waals surface area (Å²) in [7, 11) is 1.75. The van der Waals surface area contributed by atoms with Gasteiger partial charge in [-0.3, -0.25) is 9.59 Å². The normalized spacial score (nSPS) is 11.2. The van der Waals surface area contributed by atoms with Gasteiger partial charge in [0.05, 0.1) is 6.42 Å². The number of hydrogen-bond donors (Lipinski definition) is 1. The second kappa shape index (κ2) is 6.55. The lowest BCUT2D eigenvalue weighted by Gasteiger charge is -2.25. The molecule has 1 rings (SSSR count). The maximum atomic E-state index is 12.1. The minimum Gasteiger partial charge on any atom is -0.481 e. The number of carbonyl (C=O) groups excluding carboxylic acids is 1. The summed E-state index contributed by atoms with van der Waals surface area (Å²) >= 11 is 0. The van der Waals surface area contributed by atoms with Crippen LogP contribution >= 0.6 is 0 Å². The van der Waals surface area contributed by atoms with E-state index in [0.717, 1.165) is 5.56 Å². The number of carbonyl (C=O) groups is 2. The van der Waals surface area contributed by atoms with Crippen molar-refractivity contribution < 1.29 is 14.7 Å². The minimum absolute atomic E-state index is 0.00287. The van der Waals surface area contributed by atoms with E-state index in [4.69, 9.17) is 5.11 Å². The highest BCUT2D eigenvalue weighted by Crippen LogP contribution is 2.26. The van der Waals surface area contributed by atoms with Crippen molar-refractivity contribution in [3.05, 3.63) is 35.4 Å². The van der Waals surface area contributed by atoms with E-state index in [1.165, 1.54) is 5.56 Å². The van der Waals surface area contributed by atoms with Crippen LogP contribution in [0.25, 0.3) is 0 Å². The zero-order valence-electron chi connectivity index (χ0n) is 12.6. The van der Waals surface area contributed by atoms with E-state index in [-0.39, 0.29) is 18.7 Å². The molecule has 0 aliphatic heterocycles. The molecule has 110 valence electrons. The predicted octanol–water partition coefficient (Wildman–Crippen LogP) is 2.84. The van der Waals surface area contributed by atoms with Crippen molar-refractivity contribution in [1.29, 1.82) is 0 Å². The molecule has 0 radical (unpaired) electrons. The van der Waals surface area contributed by atoms with E-state index in [9.17, 15) is 9.59 Å². The Labute approximate surface area is 120 Å². The number of nitrogens with zero attached hydrogens (tertiary/aromatic N) is 1. The van der Waals surface area contributed by atoms with E-state index < -0.39 is 11.4 Å². The first-order chi connectivity index (χ1) is 9.19. The van der Waals surface area contributed by atoms with Crippen LogP contribution in [0.5, 0.6) is 0 Å². The van der Waals surface area contributed by atoms with Gasteiger partial charge in [0.15, 0.2) is 0 Å². The summed E-state index contributed by atoms with van der Waals surface area (Å²) in [5.41, 5.74) is 1.73. The molecule has 0 fully saturated rings. The van der Waals surface area contributed by atoms with Crippen LogP contribution in [0, 0.1) is 12.3 Å². The lowest BCUT2D eigenvalue weighted by Crippen LogP contribution is -2.31. The predicted molar refractivity (Wildman–Crippen MR) is 78.3 cm³/mol. The largest absolute Gasteiger partial charge is 0.481 e. The van der Waals surface area contributed by atoms with Gasteiger partial charge in [0.2, 0.25) is 5.91 Å². The molecule has 1 aromatic rings. The smallest absolute Gasteiger partial charge is 0.303 e. The first kappa shape index (κ1) is 16.2. The molecule has 1 amide bonds. The number of rotatable bonds is 6. The monoisotopic (exact) mass is 277 g/mol. The van der Waals surface area contributed by atoms with Crippen molar-refractivity contribution in [2.24, 2.45) is 5.41 Å². The highest BCUT2D eigenvalue weighted by atomic mass is 16.4. The highest BCUT2D eigenvalue weighted by Gasteiger charge is 2.26. The van der Waals surface area contributed by atoms with E-state index in [1.807, 2.05) is 31.2 Å². The highest BCUT2D eigenvalue weighted by molar-refractivity contribution is 5.77. The van der Waals surface area contributed by atoms with Gasteiger partial charge in [0, 0.05) is 20.0 Å². The third kappa shape index (κ3) is 5.43. The van der Waals surface area contributed by atoms with Crippen molar-refractivity contribution in [1.82, 2.24) is 4.90 Å². The number of aliphatic carboxylic acids is 1. The number of aryl methyl sites for hydroxylation is 1. The summed E-state index contributed by atoms with van der Waals surface area (Å²) in [5.74, 6) is -0.902. The molecular weight excluding hydrogens is 254 g/mol. The molecule has 0 heterocycles. The third-order valence-electron chi connectivity index (χ3n) is 3.23. The Morgan fingerprint density at radius 2 is 1.70 bits per heavy atom. The molecular formula is C16H23NO3. The molecule has 0 unspecified atom stereocenters. The zero-order valence-corrected chi connectivity index (χ0v) is 12.6. The van der Waals surface area contributed by atoms with Crippen molar-refractivity contribution in [2.45, 2.75) is 40.2 Å². The fourth-order valence-corrected chi connectivity index (χ4v) is 2.07. The van der Waals surface area contributed by atoms with Gasteiger partial charge in [-0.05, 0) is 17.9 Å². The fourth-order valence-electron chi connectivity index (χ4n) is 2.07. The molecule has 0 saturated carbocycles. The number of carboxylic acid groups (broad SMARTS) is 1. The zero-order chi connectivity index (χ0) is 15.3. The molecule has 4 nitrogen and oxygen atoms in total. The molecule has 1 aromatic carbocycles. The Bertz CT molecular complexity index is 477. The summed E-state index contributed by atoms with van der Waals surface area (Å²) < 4.78 is 0. The maximum Gasteiger partial charge on any atom is 0.303 e. The first-order valence-electron chi connectivity index (χ1n) is 6.71. The summed E-state index contributed by atoms with van der Waals surface area (Å²) in [6, 6.07) is 8.03. The Morgan fingerprint density at radius 1 is 1.15 bits per heavy atom. The Balaban J connectivity index is 2.58. The average Bonchev–Trinajstić information content (AvgIpc) is 2.29. The van der Waals surface area contributed by atoms with Crippen LogP contribution in [0.3, 0.4) is 0 Å². The number of benzene rings is 1. The Kier molecular flexibility index (Phi) is 5.31. The minimum atomic E-state index is -0.871. The summed E-state index contributed by atoms with van der Waals surface area (Å²) in [6.07, 6.45) is 0.235. The second-order valence-electron chi connectivity index (χ2n) is 6.15. The molecule has 0 atom stereocenters. The van der Waals surface area contributed by atoms with Crippen LogP contribution in [0.1, 0.15) is 37.8 Å². The van der Waals surface area contributed by atoms with Crippen LogP contribution in [-0.4, -0.2) is 28.9 Å². The van der Waals surface area contributed by atoms with Gasteiger partial charge in [-0.15, -0.1) is 0 Å². The lowest BCUT2D eigenvalue weighted by atomic mass is 9.85. The average molecular weight is 277 g/mol. The van der Waals surface area contributed by atoms with Crippen LogP contribution in [0.15, 0.2) is 24.3 Å². The Hall–Kier alpha value is -1.84. The van der Waals surface area contributed by atoms with Crippen LogP contribution in [0.4, 0.5) is 0 Å². The quantitative estimate of drug-likeness (QED) is 0.870. The van der Waals surface area contributed by atoms with Gasteiger partial charge in [-0.25, -0.2) is 0 Å². The van der Waals surface area contributed by atoms with Crippen molar-refractivity contribution in [2.75, 3.05) is 7.05 Å². The number of carboxylic acids is 1. The SMILES string of the molecule is Cc1ccc(CN(C)C(=O)CC(C)(C)CC(=O)O)cc1. The van der Waals surface area contributed by atoms with Gasteiger partial charge < -0.3 is 10.0 Å². The van der Waals surface area contributed by atoms with Crippen LogP contribution in [-0.2, 0) is 16.1 Å². The van der Waals surface area contributed by atoms with Gasteiger partial charge in [-0.2, -0.15) is 0 Å². The first-order valence-corrected chi connectivity index (χ1v) is 6.71. The van der Waals surface area contributed by atoms with Crippen molar-refractivity contribution in [3.63, 3.8) is 0 Å². The van der Waals surface area contributed by atoms with Gasteiger partial charge >= 0.3 is 5.97 Å². The molecule has 0 bridgehead atoms. The molecule has 20 heavy (non-hydrogen) atoms. The van der Waals surface area contributed by atoms with Crippen molar-refractivity contribution >= 4 is 11.9 Å². The van der Waals surface area contributed by atoms with Crippen LogP contribution in [0.2, 0.25) is 0 Å². The van der Waals surface area contributed by atoms with Crippen LogP contribution < -0.4 is 0 Å². The lowest BCUT2D eigenvalue weighted by molar-refractivity contribution is -0.140. The van der Waals surface area contributed by atoms with E-state index in [2.05, 4.69) is 0 Å². The molecule has 0 saturated heterocycles. The number of hydrogen-bond acceptors (Lipinski definition) is 2. The summed E-state index contributed by atoms with van der Waals surface area (Å²) in [4.78, 5) is 24.6. The molecule has 0 aliphatic carbocycles. The standard InChI is InChI=1S/C16H23NO3/c1-12-5-7-13(8-6-12)11-17(4)14(18)9-16(2,3)10-15(19)20/h5-8H,9-11H2,1-4H3,(H,19,20). The molecule has 4 heteroatoms. The molecule has 1 N–H and O–H groups in total. The van der Waals surface area contributed by atoms with Crippen molar-refractivity contribution in [3.8, 4) is 0 Å². The van der Waals surface area contributed by atoms with E-state index >= 15 is 0 Å². The molecule has 0 spiro atoms. The maximum absolute atomic E-state index is 12.1. The van der Waals surface area contributed by atoms with Gasteiger partial charge in [0.1, 0.15) is 0 Å². The van der Waals surface area contributed by atoms with Gasteiger partial charge in [0.25, 0.3) is 0 Å². The topological polar surface area (TPSA) is 57.6 Å². The number of amides is 1. The second-order valence-corrected chi connectivity index (χ2v) is 6.15. The summed E-state index contributed by atoms with van der Waals surface area (Å²) in [6.45, 7) is 6.17. The van der Waals surface area contributed by atoms with E-state index in [1.54, 1.807) is 25.8 Å². The molecule has 0 aromatic heterocycles. The van der Waals surface area contributed by atoms with E-state index in [0.29, 0.717) is 6.54 Å². The molecule has 0 aliphatic rings. The fraction of sp³-hybridized carbons (Fsp3) is 0.500. The Morgan fingerprint density at radius 3 is 2.20 bits per heavy atom. The summed E-state index contributed by atoms with van der Waals surface area (Å²) in [5, 5.41) is 8.84.